The zero-order valence-electron chi connectivity index (χ0n) is 35.2. The molecule has 0 bridgehead atoms. The number of amides is 1. The van der Waals surface area contributed by atoms with Crippen molar-refractivity contribution in [3.8, 4) is 22.9 Å². The summed E-state index contributed by atoms with van der Waals surface area (Å²) < 4.78 is 18.3. The van der Waals surface area contributed by atoms with E-state index in [1.807, 2.05) is 38.1 Å². The van der Waals surface area contributed by atoms with E-state index in [-0.39, 0.29) is 41.7 Å². The number of fused-ring (bicyclic) bond motifs is 3. The number of carbonyl (C=O) groups excluding carboxylic acids is 1. The van der Waals surface area contributed by atoms with E-state index in [0.29, 0.717) is 41.5 Å². The van der Waals surface area contributed by atoms with Crippen molar-refractivity contribution in [3.63, 3.8) is 0 Å². The highest BCUT2D eigenvalue weighted by Crippen LogP contribution is 2.40. The molecule has 4 atom stereocenters. The molecule has 16 heteroatoms. The molecule has 1 amide bonds. The number of hydrogen-bond donors (Lipinski definition) is 3. The average Bonchev–Trinajstić information content (AvgIpc) is 3.82. The molecule has 4 aliphatic rings. The third-order valence-electron chi connectivity index (χ3n) is 13.1. The van der Waals surface area contributed by atoms with E-state index in [1.165, 1.54) is 4.90 Å². The van der Waals surface area contributed by atoms with E-state index in [0.717, 1.165) is 76.7 Å². The summed E-state index contributed by atoms with van der Waals surface area (Å²) in [4.78, 5) is 35.3. The van der Waals surface area contributed by atoms with Gasteiger partial charge in [-0.05, 0) is 79.3 Å². The van der Waals surface area contributed by atoms with Crippen LogP contribution < -0.4 is 15.0 Å². The predicted molar refractivity (Wildman–Crippen MR) is 224 cm³/mol. The van der Waals surface area contributed by atoms with Gasteiger partial charge in [0.05, 0.1) is 23.5 Å². The van der Waals surface area contributed by atoms with Crippen LogP contribution in [0.15, 0.2) is 40.9 Å². The van der Waals surface area contributed by atoms with E-state index in [4.69, 9.17) is 13.7 Å². The third kappa shape index (κ3) is 9.14. The van der Waals surface area contributed by atoms with Crippen LogP contribution in [0.4, 0.5) is 11.5 Å². The number of phenolic OH excluding ortho intramolecular Hbond substituents is 1. The van der Waals surface area contributed by atoms with E-state index in [1.54, 1.807) is 12.1 Å². The number of piperidine rings is 1. The quantitative estimate of drug-likeness (QED) is 0.189. The molecule has 0 spiro atoms. The molecule has 6 heterocycles. The predicted octanol–water partition coefficient (Wildman–Crippen LogP) is 5.36. The second-order valence-corrected chi connectivity index (χ2v) is 23.2. The number of rotatable bonds is 13. The van der Waals surface area contributed by atoms with Gasteiger partial charge in [0.1, 0.15) is 24.3 Å². The van der Waals surface area contributed by atoms with Crippen LogP contribution in [0.2, 0.25) is 18.1 Å². The van der Waals surface area contributed by atoms with E-state index in [2.05, 4.69) is 69.2 Å². The lowest BCUT2D eigenvalue weighted by atomic mass is 9.91. The van der Waals surface area contributed by atoms with Crippen LogP contribution in [0, 0.1) is 11.8 Å². The monoisotopic (exact) mass is 818 g/mol. The molecule has 0 unspecified atom stereocenters. The molecule has 0 radical (unpaired) electrons. The summed E-state index contributed by atoms with van der Waals surface area (Å²) in [6.07, 6.45) is 2.21. The maximum atomic E-state index is 14.0. The Bertz CT molecular complexity index is 1910. The second kappa shape index (κ2) is 17.2. The van der Waals surface area contributed by atoms with Crippen molar-refractivity contribution >= 4 is 31.7 Å². The number of carbonyl (C=O) groups is 2. The minimum Gasteiger partial charge on any atom is -0.507 e. The maximum absolute atomic E-state index is 14.0. The molecule has 3 fully saturated rings. The van der Waals surface area contributed by atoms with Crippen LogP contribution in [0.25, 0.3) is 11.3 Å². The van der Waals surface area contributed by atoms with Crippen molar-refractivity contribution < 1.29 is 33.5 Å². The Morgan fingerprint density at radius 2 is 1.79 bits per heavy atom. The first kappa shape index (κ1) is 41.9. The third-order valence-corrected chi connectivity index (χ3v) is 17.6. The van der Waals surface area contributed by atoms with Crippen molar-refractivity contribution in [3.05, 3.63) is 42.2 Å². The number of aromatic nitrogens is 3. The van der Waals surface area contributed by atoms with E-state index >= 15 is 0 Å². The van der Waals surface area contributed by atoms with Crippen LogP contribution in [-0.2, 0) is 14.0 Å². The molecule has 1 aromatic carbocycles. The molecule has 3 N–H and O–H groups in total. The normalized spacial score (nSPS) is 22.7. The van der Waals surface area contributed by atoms with Gasteiger partial charge >= 0.3 is 5.97 Å². The summed E-state index contributed by atoms with van der Waals surface area (Å²) in [6, 6.07) is 10.4. The highest BCUT2D eigenvalue weighted by Gasteiger charge is 2.47. The number of hydrogen-bond acceptors (Lipinski definition) is 13. The number of para-hydroxylation sites is 1. The number of phenols is 1. The molecular formula is C42H62N8O7Si. The summed E-state index contributed by atoms with van der Waals surface area (Å²) in [7, 11) is -2.16. The van der Waals surface area contributed by atoms with E-state index < -0.39 is 26.2 Å². The number of likely N-dealkylation sites (tertiary alicyclic amines) is 2. The van der Waals surface area contributed by atoms with Crippen molar-refractivity contribution in [1.82, 2.24) is 30.1 Å². The van der Waals surface area contributed by atoms with Crippen LogP contribution in [0.3, 0.4) is 0 Å². The Balaban J connectivity index is 0.860. The minimum absolute atomic E-state index is 0.0326. The molecule has 0 aliphatic carbocycles. The number of anilines is 2. The molecular weight excluding hydrogens is 757 g/mol. The van der Waals surface area contributed by atoms with Gasteiger partial charge < -0.3 is 39.0 Å². The van der Waals surface area contributed by atoms with Crippen molar-refractivity contribution in [2.45, 2.75) is 96.1 Å². The van der Waals surface area contributed by atoms with Gasteiger partial charge in [-0.2, -0.15) is 0 Å². The van der Waals surface area contributed by atoms with Gasteiger partial charge in [0.15, 0.2) is 19.9 Å². The molecule has 15 nitrogen and oxygen atoms in total. The number of nitrogens with one attached hydrogen (secondary N) is 1. The first-order valence-corrected chi connectivity index (χ1v) is 23.9. The van der Waals surface area contributed by atoms with Gasteiger partial charge in [-0.3, -0.25) is 14.6 Å². The summed E-state index contributed by atoms with van der Waals surface area (Å²) in [5.41, 5.74) is 2.41. The lowest BCUT2D eigenvalue weighted by molar-refractivity contribution is -0.149. The first-order chi connectivity index (χ1) is 27.6. The average molecular weight is 819 g/mol. The summed E-state index contributed by atoms with van der Waals surface area (Å²) in [6.45, 7) is 22.9. The van der Waals surface area contributed by atoms with Gasteiger partial charge in [0, 0.05) is 63.9 Å². The maximum Gasteiger partial charge on any atom is 0.326 e. The number of piperazine rings is 1. The minimum atomic E-state index is -2.16. The van der Waals surface area contributed by atoms with Gasteiger partial charge in [-0.15, -0.1) is 10.2 Å². The number of carboxylic acid groups (broad SMARTS) is 1. The number of aliphatic carboxylic acids is 1. The molecule has 0 saturated carbocycles. The van der Waals surface area contributed by atoms with Crippen molar-refractivity contribution in [2.75, 3.05) is 75.7 Å². The summed E-state index contributed by atoms with van der Waals surface area (Å²) >= 11 is 0. The van der Waals surface area contributed by atoms with Crippen LogP contribution >= 0.6 is 0 Å². The largest absolute Gasteiger partial charge is 0.507 e. The molecule has 2 aromatic heterocycles. The SMILES string of the molecule is CC(C)[C@@H](C(=O)N1C[C@H](O[Si](C)(C)C(C)(C)C)C[C@@H]1C(=O)O)c1cc(OCCN2CCC(CN3CCN4c5cc(-c6ccccc6O)nnc5NC[C@H]4C3)CC2)no1. The second-order valence-electron chi connectivity index (χ2n) is 18.5. The van der Waals surface area contributed by atoms with Gasteiger partial charge in [0.25, 0.3) is 5.88 Å². The van der Waals surface area contributed by atoms with Crippen LogP contribution in [0.1, 0.15) is 65.6 Å². The lowest BCUT2D eigenvalue weighted by Crippen LogP contribution is -2.58. The summed E-state index contributed by atoms with van der Waals surface area (Å²) in [5, 5.41) is 36.9. The van der Waals surface area contributed by atoms with Gasteiger partial charge in [-0.1, -0.05) is 46.8 Å². The fourth-order valence-corrected chi connectivity index (χ4v) is 10.1. The van der Waals surface area contributed by atoms with Gasteiger partial charge in [0.2, 0.25) is 5.91 Å². The molecule has 3 saturated heterocycles. The van der Waals surface area contributed by atoms with Crippen LogP contribution in [-0.4, -0.2) is 144 Å². The number of nitrogens with zero attached hydrogens (tertiary/aromatic N) is 7. The number of benzene rings is 1. The zero-order chi connectivity index (χ0) is 41.4. The topological polar surface area (TPSA) is 170 Å². The number of ether oxygens (including phenoxy) is 1. The molecule has 3 aromatic rings. The fraction of sp³-hybridized carbons (Fsp3) is 0.643. The molecule has 4 aliphatic heterocycles. The number of aromatic hydroxyl groups is 1. The standard InChI is InChI=1S/C42H62N8O7Si/c1-27(2)38(40(52)50-26-30(20-34(50)41(53)54)57-58(6,7)42(3,4)5)36-22-37(46-56-36)55-19-18-47-14-12-28(13-15-47)24-48-16-17-49-29(25-48)23-43-39-33(49)21-32(44-45-39)31-10-8-9-11-35(31)51/h8-11,21-22,27-30,34,38,51H,12-20,23-26H2,1-7H3,(H,43,45)(H,53,54)/t29-,30+,34+,38+/m0/s1. The Morgan fingerprint density at radius 1 is 1.03 bits per heavy atom. The lowest BCUT2D eigenvalue weighted by Gasteiger charge is -2.47. The fourth-order valence-electron chi connectivity index (χ4n) is 8.73. The van der Waals surface area contributed by atoms with Crippen LogP contribution in [0.5, 0.6) is 11.6 Å². The van der Waals surface area contributed by atoms with Crippen molar-refractivity contribution in [2.24, 2.45) is 11.8 Å². The smallest absolute Gasteiger partial charge is 0.326 e. The first-order valence-electron chi connectivity index (χ1n) is 21.0. The Labute approximate surface area is 343 Å². The van der Waals surface area contributed by atoms with Crippen molar-refractivity contribution in [1.29, 1.82) is 0 Å². The Morgan fingerprint density at radius 3 is 2.50 bits per heavy atom. The highest BCUT2D eigenvalue weighted by molar-refractivity contribution is 6.74. The summed E-state index contributed by atoms with van der Waals surface area (Å²) in [5.74, 6) is 0.207. The van der Waals surface area contributed by atoms with Gasteiger partial charge in [-0.25, -0.2) is 4.79 Å². The highest BCUT2D eigenvalue weighted by atomic mass is 28.4. The van der Waals surface area contributed by atoms with E-state index in [9.17, 15) is 19.8 Å². The number of carboxylic acids is 1. The zero-order valence-corrected chi connectivity index (χ0v) is 36.2. The molecule has 316 valence electrons. The molecule has 58 heavy (non-hydrogen) atoms. The Hall–Kier alpha value is -4.25. The Kier molecular flexibility index (Phi) is 12.4. The molecule has 7 rings (SSSR count).